The van der Waals surface area contributed by atoms with E-state index in [1.807, 2.05) is 11.4 Å². The first-order valence-corrected chi connectivity index (χ1v) is 7.23. The molecule has 1 saturated heterocycles. The molecule has 1 aliphatic rings. The fourth-order valence-electron chi connectivity index (χ4n) is 1.66. The van der Waals surface area contributed by atoms with Gasteiger partial charge in [-0.25, -0.2) is 0 Å². The van der Waals surface area contributed by atoms with E-state index in [4.69, 9.17) is 4.74 Å². The molecule has 1 unspecified atom stereocenters. The Bertz CT molecular complexity index is 377. The molecule has 4 nitrogen and oxygen atoms in total. The number of ether oxygens (including phenoxy) is 1. The minimum atomic E-state index is 0.0128. The van der Waals surface area contributed by atoms with Crippen molar-refractivity contribution in [2.45, 2.75) is 19.1 Å². The molecule has 1 aliphatic heterocycles. The van der Waals surface area contributed by atoms with Gasteiger partial charge in [0.1, 0.15) is 0 Å². The number of halogens is 1. The van der Waals surface area contributed by atoms with Gasteiger partial charge in [-0.2, -0.15) is 0 Å². The van der Waals surface area contributed by atoms with Crippen molar-refractivity contribution in [2.24, 2.45) is 0 Å². The highest BCUT2D eigenvalue weighted by molar-refractivity contribution is 9.10. The van der Waals surface area contributed by atoms with Gasteiger partial charge in [-0.1, -0.05) is 0 Å². The van der Waals surface area contributed by atoms with Crippen LogP contribution in [0.5, 0.6) is 0 Å². The number of amides is 1. The molecule has 1 aromatic rings. The van der Waals surface area contributed by atoms with E-state index in [1.54, 1.807) is 11.3 Å². The predicted molar refractivity (Wildman–Crippen MR) is 71.1 cm³/mol. The summed E-state index contributed by atoms with van der Waals surface area (Å²) in [4.78, 5) is 12.8. The highest BCUT2D eigenvalue weighted by Gasteiger charge is 2.16. The zero-order chi connectivity index (χ0) is 12.1. The van der Waals surface area contributed by atoms with Crippen LogP contribution in [0.4, 0.5) is 0 Å². The molecule has 1 aromatic heterocycles. The second kappa shape index (κ2) is 6.49. The summed E-state index contributed by atoms with van der Waals surface area (Å²) < 4.78 is 6.54. The van der Waals surface area contributed by atoms with Crippen LogP contribution in [0.2, 0.25) is 0 Å². The smallest absolute Gasteiger partial charge is 0.222 e. The molecular formula is C11H15BrN2O2S. The van der Waals surface area contributed by atoms with Gasteiger partial charge in [0.15, 0.2) is 0 Å². The second-order valence-electron chi connectivity index (χ2n) is 3.91. The highest BCUT2D eigenvalue weighted by atomic mass is 79.9. The molecule has 2 N–H and O–H groups in total. The third kappa shape index (κ3) is 4.39. The van der Waals surface area contributed by atoms with Crippen LogP contribution in [-0.2, 0) is 16.1 Å². The summed E-state index contributed by atoms with van der Waals surface area (Å²) in [6, 6.07) is 2.02. The molecule has 2 rings (SSSR count). The normalized spacial score (nSPS) is 20.2. The number of rotatable bonds is 4. The molecule has 6 heteroatoms. The maximum absolute atomic E-state index is 11.7. The van der Waals surface area contributed by atoms with Crippen LogP contribution in [0.1, 0.15) is 11.3 Å². The minimum absolute atomic E-state index is 0.0128. The zero-order valence-corrected chi connectivity index (χ0v) is 11.8. The third-order valence-corrected chi connectivity index (χ3v) is 4.20. The quantitative estimate of drug-likeness (QED) is 0.884. The van der Waals surface area contributed by atoms with E-state index >= 15 is 0 Å². The van der Waals surface area contributed by atoms with Gasteiger partial charge >= 0.3 is 0 Å². The fourth-order valence-corrected chi connectivity index (χ4v) is 3.05. The molecule has 94 valence electrons. The van der Waals surface area contributed by atoms with Crippen molar-refractivity contribution < 1.29 is 9.53 Å². The topological polar surface area (TPSA) is 50.4 Å². The number of hydrogen-bond acceptors (Lipinski definition) is 4. The van der Waals surface area contributed by atoms with Gasteiger partial charge < -0.3 is 15.4 Å². The summed E-state index contributed by atoms with van der Waals surface area (Å²) in [7, 11) is 0. The van der Waals surface area contributed by atoms with Crippen LogP contribution in [0.15, 0.2) is 15.9 Å². The lowest BCUT2D eigenvalue weighted by Gasteiger charge is -2.22. The lowest BCUT2D eigenvalue weighted by atomic mass is 10.2. The largest absolute Gasteiger partial charge is 0.375 e. The first kappa shape index (κ1) is 13.0. The van der Waals surface area contributed by atoms with Crippen LogP contribution < -0.4 is 10.6 Å². The van der Waals surface area contributed by atoms with Crippen LogP contribution in [0, 0.1) is 0 Å². The van der Waals surface area contributed by atoms with Crippen LogP contribution in [-0.4, -0.2) is 31.7 Å². The van der Waals surface area contributed by atoms with Crippen molar-refractivity contribution in [3.63, 3.8) is 0 Å². The van der Waals surface area contributed by atoms with Crippen LogP contribution in [0.25, 0.3) is 0 Å². The summed E-state index contributed by atoms with van der Waals surface area (Å²) in [5.74, 6) is 0.0447. The molecule has 2 heterocycles. The van der Waals surface area contributed by atoms with Gasteiger partial charge in [0, 0.05) is 27.8 Å². The third-order valence-electron chi connectivity index (χ3n) is 2.50. The summed E-state index contributed by atoms with van der Waals surface area (Å²) in [6.07, 6.45) is 0.443. The number of hydrogen-bond donors (Lipinski definition) is 2. The van der Waals surface area contributed by atoms with Crippen molar-refractivity contribution in [2.75, 3.05) is 19.7 Å². The Labute approximate surface area is 113 Å². The average Bonchev–Trinajstić information content (AvgIpc) is 2.74. The standard InChI is InChI=1S/C11H15BrN2O2S/c12-8-3-10(17-7-8)6-14-11(15)4-9-5-13-1-2-16-9/h3,7,9,13H,1-2,4-6H2,(H,14,15). The lowest BCUT2D eigenvalue weighted by molar-refractivity contribution is -0.124. The van der Waals surface area contributed by atoms with Crippen LogP contribution >= 0.6 is 27.3 Å². The molecular weight excluding hydrogens is 304 g/mol. The van der Waals surface area contributed by atoms with Gasteiger partial charge in [0.2, 0.25) is 5.91 Å². The number of morpholine rings is 1. The molecule has 0 saturated carbocycles. The van der Waals surface area contributed by atoms with E-state index in [0.717, 1.165) is 22.4 Å². The summed E-state index contributed by atoms with van der Waals surface area (Å²) in [6.45, 7) is 2.92. The van der Waals surface area contributed by atoms with E-state index in [-0.39, 0.29) is 12.0 Å². The molecule has 17 heavy (non-hydrogen) atoms. The van der Waals surface area contributed by atoms with Gasteiger partial charge in [-0.05, 0) is 22.0 Å². The molecule has 0 aromatic carbocycles. The zero-order valence-electron chi connectivity index (χ0n) is 9.37. The number of carbonyl (C=O) groups is 1. The second-order valence-corrected chi connectivity index (χ2v) is 5.82. The van der Waals surface area contributed by atoms with Gasteiger partial charge in [-0.3, -0.25) is 4.79 Å². The Morgan fingerprint density at radius 1 is 1.71 bits per heavy atom. The molecule has 1 amide bonds. The Morgan fingerprint density at radius 2 is 2.59 bits per heavy atom. The summed E-state index contributed by atoms with van der Waals surface area (Å²) >= 11 is 5.02. The van der Waals surface area contributed by atoms with E-state index in [2.05, 4.69) is 26.6 Å². The van der Waals surface area contributed by atoms with E-state index in [0.29, 0.717) is 19.6 Å². The summed E-state index contributed by atoms with van der Waals surface area (Å²) in [5.41, 5.74) is 0. The SMILES string of the molecule is O=C(CC1CNCCO1)NCc1cc(Br)cs1. The van der Waals surface area contributed by atoms with E-state index < -0.39 is 0 Å². The maximum atomic E-state index is 11.7. The molecule has 1 atom stereocenters. The molecule has 0 aliphatic carbocycles. The Balaban J connectivity index is 1.70. The number of nitrogens with one attached hydrogen (secondary N) is 2. The molecule has 0 bridgehead atoms. The Morgan fingerprint density at radius 3 is 3.24 bits per heavy atom. The first-order chi connectivity index (χ1) is 8.24. The predicted octanol–water partition coefficient (Wildman–Crippen LogP) is 1.51. The first-order valence-electron chi connectivity index (χ1n) is 5.56. The minimum Gasteiger partial charge on any atom is -0.375 e. The van der Waals surface area contributed by atoms with E-state index in [1.165, 1.54) is 0 Å². The van der Waals surface area contributed by atoms with Crippen molar-refractivity contribution in [1.29, 1.82) is 0 Å². The van der Waals surface area contributed by atoms with Crippen molar-refractivity contribution in [1.82, 2.24) is 10.6 Å². The van der Waals surface area contributed by atoms with Crippen molar-refractivity contribution in [3.8, 4) is 0 Å². The molecule has 0 spiro atoms. The number of thiophene rings is 1. The Kier molecular flexibility index (Phi) is 4.97. The molecule has 1 fully saturated rings. The monoisotopic (exact) mass is 318 g/mol. The van der Waals surface area contributed by atoms with Gasteiger partial charge in [0.25, 0.3) is 0 Å². The van der Waals surface area contributed by atoms with E-state index in [9.17, 15) is 4.79 Å². The Hall–Kier alpha value is -0.430. The maximum Gasteiger partial charge on any atom is 0.222 e. The number of carbonyl (C=O) groups excluding carboxylic acids is 1. The molecule has 0 radical (unpaired) electrons. The van der Waals surface area contributed by atoms with Gasteiger partial charge in [0.05, 0.1) is 25.7 Å². The highest BCUT2D eigenvalue weighted by Crippen LogP contribution is 2.19. The fraction of sp³-hybridized carbons (Fsp3) is 0.545. The van der Waals surface area contributed by atoms with Crippen molar-refractivity contribution in [3.05, 3.63) is 20.8 Å². The average molecular weight is 319 g/mol. The van der Waals surface area contributed by atoms with Gasteiger partial charge in [-0.15, -0.1) is 11.3 Å². The van der Waals surface area contributed by atoms with Crippen molar-refractivity contribution >= 4 is 33.2 Å². The lowest BCUT2D eigenvalue weighted by Crippen LogP contribution is -2.41. The van der Waals surface area contributed by atoms with Crippen LogP contribution in [0.3, 0.4) is 0 Å². The summed E-state index contributed by atoms with van der Waals surface area (Å²) in [5, 5.41) is 8.12.